The summed E-state index contributed by atoms with van der Waals surface area (Å²) in [6.07, 6.45) is 1.52. The van der Waals surface area contributed by atoms with E-state index in [0.717, 1.165) is 12.5 Å². The van der Waals surface area contributed by atoms with Crippen LogP contribution in [0.1, 0.15) is 29.8 Å². The molecule has 0 unspecified atom stereocenters. The summed E-state index contributed by atoms with van der Waals surface area (Å²) in [6, 6.07) is 1.74. The van der Waals surface area contributed by atoms with E-state index in [1.165, 1.54) is 0 Å². The van der Waals surface area contributed by atoms with Crippen LogP contribution in [0.25, 0.3) is 0 Å². The van der Waals surface area contributed by atoms with Gasteiger partial charge in [0.25, 0.3) is 5.91 Å². The van der Waals surface area contributed by atoms with Gasteiger partial charge in [0.15, 0.2) is 5.82 Å². The molecule has 1 aromatic carbocycles. The first-order valence-electron chi connectivity index (χ1n) is 5.88. The lowest BCUT2D eigenvalue weighted by Crippen LogP contribution is -2.15. The Balaban J connectivity index is 2.19. The second-order valence-electron chi connectivity index (χ2n) is 4.05. The highest BCUT2D eigenvalue weighted by Crippen LogP contribution is 2.27. The van der Waals surface area contributed by atoms with E-state index in [-0.39, 0.29) is 16.0 Å². The number of rotatable bonds is 4. The SMILES string of the molecule is CCCc1nc(C(=O)Nc2c(F)cc(F)cc2Br)n[nH]1. The van der Waals surface area contributed by atoms with Crippen LogP contribution >= 0.6 is 15.9 Å². The summed E-state index contributed by atoms with van der Waals surface area (Å²) in [5.74, 6) is -1.81. The molecule has 1 heterocycles. The van der Waals surface area contributed by atoms with Crippen LogP contribution in [0.5, 0.6) is 0 Å². The minimum absolute atomic E-state index is 0.0934. The molecule has 0 bridgehead atoms. The summed E-state index contributed by atoms with van der Waals surface area (Å²) in [4.78, 5) is 15.9. The highest BCUT2D eigenvalue weighted by Gasteiger charge is 2.17. The molecule has 0 atom stereocenters. The molecule has 106 valence electrons. The third-order valence-electron chi connectivity index (χ3n) is 2.47. The molecule has 0 saturated carbocycles. The number of amides is 1. The largest absolute Gasteiger partial charge is 0.316 e. The lowest BCUT2D eigenvalue weighted by Gasteiger charge is -2.06. The second kappa shape index (κ2) is 6.08. The van der Waals surface area contributed by atoms with Crippen molar-refractivity contribution in [3.8, 4) is 0 Å². The second-order valence-corrected chi connectivity index (χ2v) is 4.91. The van der Waals surface area contributed by atoms with Crippen molar-refractivity contribution in [2.24, 2.45) is 0 Å². The quantitative estimate of drug-likeness (QED) is 0.895. The van der Waals surface area contributed by atoms with Crippen molar-refractivity contribution in [2.45, 2.75) is 19.8 Å². The Hall–Kier alpha value is -1.83. The Labute approximate surface area is 121 Å². The standard InChI is InChI=1S/C12H11BrF2N4O/c1-2-3-9-16-11(19-18-9)12(20)17-10-7(13)4-6(14)5-8(10)15/h4-5H,2-3H2,1H3,(H,17,20)(H,16,18,19). The van der Waals surface area contributed by atoms with E-state index in [2.05, 4.69) is 36.4 Å². The first kappa shape index (κ1) is 14.6. The molecule has 2 N–H and O–H groups in total. The van der Waals surface area contributed by atoms with Crippen molar-refractivity contribution in [3.63, 3.8) is 0 Å². The number of aromatic nitrogens is 3. The molecule has 8 heteroatoms. The van der Waals surface area contributed by atoms with Gasteiger partial charge in [0, 0.05) is 17.0 Å². The fourth-order valence-corrected chi connectivity index (χ4v) is 2.08. The van der Waals surface area contributed by atoms with Gasteiger partial charge in [-0.15, -0.1) is 5.10 Å². The number of H-pyrrole nitrogens is 1. The molecule has 0 saturated heterocycles. The number of hydrogen-bond acceptors (Lipinski definition) is 3. The van der Waals surface area contributed by atoms with Gasteiger partial charge in [-0.05, 0) is 28.4 Å². The van der Waals surface area contributed by atoms with Crippen molar-refractivity contribution in [3.05, 3.63) is 39.9 Å². The van der Waals surface area contributed by atoms with Crippen LogP contribution in [-0.4, -0.2) is 21.1 Å². The Morgan fingerprint density at radius 2 is 2.20 bits per heavy atom. The predicted molar refractivity (Wildman–Crippen MR) is 72.4 cm³/mol. The molecule has 0 radical (unpaired) electrons. The van der Waals surface area contributed by atoms with Crippen molar-refractivity contribution in [1.82, 2.24) is 15.2 Å². The van der Waals surface area contributed by atoms with Crippen LogP contribution in [0, 0.1) is 11.6 Å². The normalized spacial score (nSPS) is 10.6. The van der Waals surface area contributed by atoms with Crippen molar-refractivity contribution in [2.75, 3.05) is 5.32 Å². The van der Waals surface area contributed by atoms with Crippen molar-refractivity contribution in [1.29, 1.82) is 0 Å². The number of carbonyl (C=O) groups is 1. The van der Waals surface area contributed by atoms with E-state index in [1.54, 1.807) is 0 Å². The van der Waals surface area contributed by atoms with Gasteiger partial charge in [-0.1, -0.05) is 6.92 Å². The molecule has 0 aliphatic carbocycles. The molecule has 0 aliphatic rings. The first-order valence-corrected chi connectivity index (χ1v) is 6.67. The molecule has 2 aromatic rings. The molecule has 20 heavy (non-hydrogen) atoms. The molecule has 5 nitrogen and oxygen atoms in total. The summed E-state index contributed by atoms with van der Waals surface area (Å²) in [6.45, 7) is 1.97. The third-order valence-corrected chi connectivity index (χ3v) is 3.09. The molecule has 2 rings (SSSR count). The van der Waals surface area contributed by atoms with E-state index in [9.17, 15) is 13.6 Å². The molecular weight excluding hydrogens is 334 g/mol. The highest BCUT2D eigenvalue weighted by atomic mass is 79.9. The summed E-state index contributed by atoms with van der Waals surface area (Å²) < 4.78 is 26.6. The summed E-state index contributed by atoms with van der Waals surface area (Å²) in [7, 11) is 0. The zero-order valence-electron chi connectivity index (χ0n) is 10.5. The zero-order chi connectivity index (χ0) is 14.7. The van der Waals surface area contributed by atoms with Crippen LogP contribution in [0.15, 0.2) is 16.6 Å². The molecule has 1 amide bonds. The molecule has 0 fully saturated rings. The van der Waals surface area contributed by atoms with E-state index in [1.807, 2.05) is 6.92 Å². The minimum atomic E-state index is -0.880. The van der Waals surface area contributed by atoms with E-state index < -0.39 is 17.5 Å². The Kier molecular flexibility index (Phi) is 4.43. The van der Waals surface area contributed by atoms with Gasteiger partial charge < -0.3 is 5.32 Å². The third kappa shape index (κ3) is 3.19. The fraction of sp³-hybridized carbons (Fsp3) is 0.250. The van der Waals surface area contributed by atoms with Gasteiger partial charge in [0.2, 0.25) is 5.82 Å². The van der Waals surface area contributed by atoms with Gasteiger partial charge in [-0.25, -0.2) is 13.8 Å². The van der Waals surface area contributed by atoms with Gasteiger partial charge >= 0.3 is 0 Å². The zero-order valence-corrected chi connectivity index (χ0v) is 12.1. The average Bonchev–Trinajstić information content (AvgIpc) is 2.82. The average molecular weight is 345 g/mol. The lowest BCUT2D eigenvalue weighted by atomic mass is 10.3. The smallest absolute Gasteiger partial charge is 0.295 e. The Bertz CT molecular complexity index is 621. The molecule has 1 aromatic heterocycles. The number of aromatic amines is 1. The van der Waals surface area contributed by atoms with Crippen molar-refractivity contribution < 1.29 is 13.6 Å². The number of anilines is 1. The number of nitrogens with one attached hydrogen (secondary N) is 2. The van der Waals surface area contributed by atoms with Crippen LogP contribution in [-0.2, 0) is 6.42 Å². The topological polar surface area (TPSA) is 70.7 Å². The summed E-state index contributed by atoms with van der Waals surface area (Å²) >= 11 is 2.99. The van der Waals surface area contributed by atoms with Gasteiger partial charge in [-0.3, -0.25) is 9.89 Å². The highest BCUT2D eigenvalue weighted by molar-refractivity contribution is 9.10. The summed E-state index contributed by atoms with van der Waals surface area (Å²) in [5, 5.41) is 8.68. The van der Waals surface area contributed by atoms with Gasteiger partial charge in [0.05, 0.1) is 5.69 Å². The van der Waals surface area contributed by atoms with Crippen molar-refractivity contribution >= 4 is 27.5 Å². The maximum atomic E-state index is 13.6. The predicted octanol–water partition coefficient (Wildman–Crippen LogP) is 3.05. The molecular formula is C12H11BrF2N4O. The van der Waals surface area contributed by atoms with Gasteiger partial charge in [0.1, 0.15) is 11.6 Å². The van der Waals surface area contributed by atoms with Crippen LogP contribution in [0.2, 0.25) is 0 Å². The maximum absolute atomic E-state index is 13.6. The number of aryl methyl sites for hydroxylation is 1. The lowest BCUT2D eigenvalue weighted by molar-refractivity contribution is 0.101. The molecule has 0 spiro atoms. The number of nitrogens with zero attached hydrogens (tertiary/aromatic N) is 2. The number of benzene rings is 1. The van der Waals surface area contributed by atoms with Crippen LogP contribution < -0.4 is 5.32 Å². The first-order chi connectivity index (χ1) is 9.51. The number of carbonyl (C=O) groups excluding carboxylic acids is 1. The summed E-state index contributed by atoms with van der Waals surface area (Å²) in [5.41, 5.74) is -0.154. The Morgan fingerprint density at radius 1 is 1.45 bits per heavy atom. The van der Waals surface area contributed by atoms with E-state index in [0.29, 0.717) is 18.3 Å². The molecule has 0 aliphatic heterocycles. The van der Waals surface area contributed by atoms with Crippen LogP contribution in [0.4, 0.5) is 14.5 Å². The monoisotopic (exact) mass is 344 g/mol. The van der Waals surface area contributed by atoms with E-state index >= 15 is 0 Å². The fourth-order valence-electron chi connectivity index (χ4n) is 1.58. The van der Waals surface area contributed by atoms with E-state index in [4.69, 9.17) is 0 Å². The Morgan fingerprint density at radius 3 is 2.85 bits per heavy atom. The minimum Gasteiger partial charge on any atom is -0.316 e. The van der Waals surface area contributed by atoms with Gasteiger partial charge in [-0.2, -0.15) is 0 Å². The number of hydrogen-bond donors (Lipinski definition) is 2. The van der Waals surface area contributed by atoms with Crippen LogP contribution in [0.3, 0.4) is 0 Å². The number of halogens is 3. The maximum Gasteiger partial charge on any atom is 0.295 e.